The Hall–Kier alpha value is -0.870. The molecule has 2 heterocycles. The smallest absolute Gasteiger partial charge is 0.263 e. The number of thiophene rings is 1. The quantitative estimate of drug-likeness (QED) is 0.914. The van der Waals surface area contributed by atoms with Crippen LogP contribution in [0.5, 0.6) is 0 Å². The van der Waals surface area contributed by atoms with Gasteiger partial charge in [0, 0.05) is 18.0 Å². The van der Waals surface area contributed by atoms with Gasteiger partial charge in [-0.05, 0) is 37.8 Å². The summed E-state index contributed by atoms with van der Waals surface area (Å²) in [6.45, 7) is 5.61. The van der Waals surface area contributed by atoms with Crippen LogP contribution in [0.4, 0.5) is 0 Å². The van der Waals surface area contributed by atoms with Gasteiger partial charge in [0.05, 0.1) is 11.0 Å². The van der Waals surface area contributed by atoms with Crippen LogP contribution in [-0.4, -0.2) is 35.1 Å². The number of likely N-dealkylation sites (tertiary alicyclic amines) is 1. The van der Waals surface area contributed by atoms with Crippen molar-refractivity contribution in [3.8, 4) is 0 Å². The number of amides is 1. The lowest BCUT2D eigenvalue weighted by molar-refractivity contribution is 0.0550. The van der Waals surface area contributed by atoms with E-state index >= 15 is 0 Å². The molecule has 0 atom stereocenters. The van der Waals surface area contributed by atoms with E-state index in [-0.39, 0.29) is 12.0 Å². The number of hydrogen-bond donors (Lipinski definition) is 1. The SMILES string of the molecule is CCCc1cc(C(=O)N2CCC(O)CC2)sc1C. The minimum atomic E-state index is -0.227. The summed E-state index contributed by atoms with van der Waals surface area (Å²) in [5, 5.41) is 9.46. The zero-order valence-electron chi connectivity index (χ0n) is 11.1. The van der Waals surface area contributed by atoms with E-state index in [0.29, 0.717) is 25.9 Å². The van der Waals surface area contributed by atoms with Gasteiger partial charge >= 0.3 is 0 Å². The Morgan fingerprint density at radius 2 is 2.17 bits per heavy atom. The number of carbonyl (C=O) groups excluding carboxylic acids is 1. The minimum absolute atomic E-state index is 0.136. The standard InChI is InChI=1S/C14H21NO2S/c1-3-4-11-9-13(18-10(11)2)14(17)15-7-5-12(16)6-8-15/h9,12,16H,3-8H2,1-2H3. The summed E-state index contributed by atoms with van der Waals surface area (Å²) < 4.78 is 0. The van der Waals surface area contributed by atoms with E-state index in [9.17, 15) is 9.90 Å². The fourth-order valence-corrected chi connectivity index (χ4v) is 3.41. The van der Waals surface area contributed by atoms with Crippen molar-refractivity contribution in [2.75, 3.05) is 13.1 Å². The summed E-state index contributed by atoms with van der Waals surface area (Å²) in [5.41, 5.74) is 1.31. The van der Waals surface area contributed by atoms with Crippen LogP contribution < -0.4 is 0 Å². The molecule has 0 bridgehead atoms. The first-order chi connectivity index (χ1) is 8.61. The van der Waals surface area contributed by atoms with Crippen molar-refractivity contribution in [2.45, 2.75) is 45.6 Å². The molecule has 2 rings (SSSR count). The topological polar surface area (TPSA) is 40.5 Å². The van der Waals surface area contributed by atoms with E-state index < -0.39 is 0 Å². The molecule has 0 saturated carbocycles. The zero-order valence-corrected chi connectivity index (χ0v) is 11.9. The molecule has 4 heteroatoms. The molecule has 0 spiro atoms. The van der Waals surface area contributed by atoms with Crippen molar-refractivity contribution in [3.63, 3.8) is 0 Å². The Morgan fingerprint density at radius 3 is 2.78 bits per heavy atom. The van der Waals surface area contributed by atoms with Crippen molar-refractivity contribution in [1.29, 1.82) is 0 Å². The van der Waals surface area contributed by atoms with Gasteiger partial charge in [0.2, 0.25) is 0 Å². The van der Waals surface area contributed by atoms with E-state index in [2.05, 4.69) is 19.9 Å². The van der Waals surface area contributed by atoms with Crippen LogP contribution in [0, 0.1) is 6.92 Å². The second kappa shape index (κ2) is 5.85. The molecule has 0 aliphatic carbocycles. The summed E-state index contributed by atoms with van der Waals surface area (Å²) in [6, 6.07) is 2.05. The number of aryl methyl sites for hydroxylation is 2. The maximum Gasteiger partial charge on any atom is 0.263 e. The molecule has 0 unspecified atom stereocenters. The maximum atomic E-state index is 12.3. The molecule has 0 radical (unpaired) electrons. The second-order valence-electron chi connectivity index (χ2n) is 4.97. The van der Waals surface area contributed by atoms with Crippen molar-refractivity contribution >= 4 is 17.2 Å². The average molecular weight is 267 g/mol. The second-order valence-corrected chi connectivity index (χ2v) is 6.22. The molecular weight excluding hydrogens is 246 g/mol. The minimum Gasteiger partial charge on any atom is -0.393 e. The third-order valence-electron chi connectivity index (χ3n) is 3.50. The Labute approximate surface area is 112 Å². The van der Waals surface area contributed by atoms with Crippen LogP contribution in [0.15, 0.2) is 6.07 Å². The Bertz CT molecular complexity index is 419. The third kappa shape index (κ3) is 2.93. The summed E-state index contributed by atoms with van der Waals surface area (Å²) in [4.78, 5) is 16.3. The van der Waals surface area contributed by atoms with Crippen LogP contribution in [0.2, 0.25) is 0 Å². The van der Waals surface area contributed by atoms with Crippen LogP contribution in [0.1, 0.15) is 46.3 Å². The van der Waals surface area contributed by atoms with E-state index in [1.807, 2.05) is 4.90 Å². The molecule has 100 valence electrons. The normalized spacial score (nSPS) is 17.2. The number of nitrogens with zero attached hydrogens (tertiary/aromatic N) is 1. The molecule has 1 saturated heterocycles. The lowest BCUT2D eigenvalue weighted by Gasteiger charge is -2.29. The van der Waals surface area contributed by atoms with Gasteiger partial charge in [-0.25, -0.2) is 0 Å². The molecule has 1 aliphatic rings. The molecule has 1 fully saturated rings. The summed E-state index contributed by atoms with van der Waals surface area (Å²) >= 11 is 1.60. The lowest BCUT2D eigenvalue weighted by atomic mass is 10.1. The van der Waals surface area contributed by atoms with Gasteiger partial charge in [0.1, 0.15) is 0 Å². The number of carbonyl (C=O) groups is 1. The molecule has 0 aromatic carbocycles. The highest BCUT2D eigenvalue weighted by Gasteiger charge is 2.23. The third-order valence-corrected chi connectivity index (χ3v) is 4.58. The van der Waals surface area contributed by atoms with Gasteiger partial charge < -0.3 is 10.0 Å². The van der Waals surface area contributed by atoms with Gasteiger partial charge in [0.15, 0.2) is 0 Å². The molecule has 1 amide bonds. The van der Waals surface area contributed by atoms with Gasteiger partial charge in [-0.3, -0.25) is 4.79 Å². The Balaban J connectivity index is 2.06. The summed E-state index contributed by atoms with van der Waals surface area (Å²) in [6.07, 6.45) is 3.35. The van der Waals surface area contributed by atoms with Crippen LogP contribution in [0.25, 0.3) is 0 Å². The molecule has 1 aliphatic heterocycles. The van der Waals surface area contributed by atoms with Gasteiger partial charge in [-0.1, -0.05) is 13.3 Å². The maximum absolute atomic E-state index is 12.3. The van der Waals surface area contributed by atoms with Crippen LogP contribution in [0.3, 0.4) is 0 Å². The number of aliphatic hydroxyl groups excluding tert-OH is 1. The first-order valence-electron chi connectivity index (χ1n) is 6.68. The molecule has 1 N–H and O–H groups in total. The highest BCUT2D eigenvalue weighted by atomic mass is 32.1. The van der Waals surface area contributed by atoms with Gasteiger partial charge in [-0.2, -0.15) is 0 Å². The van der Waals surface area contributed by atoms with Crippen molar-refractivity contribution in [2.24, 2.45) is 0 Å². The Morgan fingerprint density at radius 1 is 1.50 bits per heavy atom. The fourth-order valence-electron chi connectivity index (χ4n) is 2.37. The molecule has 18 heavy (non-hydrogen) atoms. The van der Waals surface area contributed by atoms with E-state index in [0.717, 1.165) is 17.7 Å². The number of aliphatic hydroxyl groups is 1. The highest BCUT2D eigenvalue weighted by molar-refractivity contribution is 7.14. The fraction of sp³-hybridized carbons (Fsp3) is 0.643. The van der Waals surface area contributed by atoms with Crippen molar-refractivity contribution in [3.05, 3.63) is 21.4 Å². The largest absolute Gasteiger partial charge is 0.393 e. The van der Waals surface area contributed by atoms with E-state index in [1.54, 1.807) is 11.3 Å². The van der Waals surface area contributed by atoms with Crippen LogP contribution >= 0.6 is 11.3 Å². The number of hydrogen-bond acceptors (Lipinski definition) is 3. The van der Waals surface area contributed by atoms with Crippen LogP contribution in [-0.2, 0) is 6.42 Å². The van der Waals surface area contributed by atoms with Crippen molar-refractivity contribution in [1.82, 2.24) is 4.90 Å². The summed E-state index contributed by atoms with van der Waals surface area (Å²) in [5.74, 6) is 0.136. The van der Waals surface area contributed by atoms with E-state index in [4.69, 9.17) is 0 Å². The van der Waals surface area contributed by atoms with Gasteiger partial charge in [0.25, 0.3) is 5.91 Å². The highest BCUT2D eigenvalue weighted by Crippen LogP contribution is 2.25. The molecule has 1 aromatic rings. The van der Waals surface area contributed by atoms with E-state index in [1.165, 1.54) is 10.4 Å². The lowest BCUT2D eigenvalue weighted by Crippen LogP contribution is -2.39. The number of rotatable bonds is 3. The number of piperidine rings is 1. The predicted octanol–water partition coefficient (Wildman–Crippen LogP) is 2.61. The average Bonchev–Trinajstić information content (AvgIpc) is 2.72. The predicted molar refractivity (Wildman–Crippen MR) is 74.2 cm³/mol. The van der Waals surface area contributed by atoms with Crippen molar-refractivity contribution < 1.29 is 9.90 Å². The van der Waals surface area contributed by atoms with Gasteiger partial charge in [-0.15, -0.1) is 11.3 Å². The first-order valence-corrected chi connectivity index (χ1v) is 7.50. The molecule has 1 aromatic heterocycles. The molecule has 3 nitrogen and oxygen atoms in total. The zero-order chi connectivity index (χ0) is 13.1. The summed E-state index contributed by atoms with van der Waals surface area (Å²) in [7, 11) is 0. The monoisotopic (exact) mass is 267 g/mol. The molecular formula is C14H21NO2S. The Kier molecular flexibility index (Phi) is 4.40. The first kappa shape index (κ1) is 13.6.